The van der Waals surface area contributed by atoms with Crippen molar-refractivity contribution in [3.63, 3.8) is 0 Å². The number of guanidine groups is 1. The van der Waals surface area contributed by atoms with E-state index in [2.05, 4.69) is 33.1 Å². The van der Waals surface area contributed by atoms with E-state index in [9.17, 15) is 14.4 Å². The largest absolute Gasteiger partial charge is 0.496 e. The van der Waals surface area contributed by atoms with E-state index >= 15 is 0 Å². The van der Waals surface area contributed by atoms with Gasteiger partial charge in [-0.05, 0) is 112 Å². The van der Waals surface area contributed by atoms with Gasteiger partial charge in [-0.3, -0.25) is 20.2 Å². The highest BCUT2D eigenvalue weighted by atomic mass is 16.6. The average Bonchev–Trinajstić information content (AvgIpc) is 3.00. The molecule has 0 bridgehead atoms. The van der Waals surface area contributed by atoms with Crippen LogP contribution in [0.25, 0.3) is 0 Å². The number of ether oxygens (including phenoxy) is 2. The van der Waals surface area contributed by atoms with E-state index in [0.717, 1.165) is 28.7 Å². The molecular weight excluding hydrogens is 580 g/mol. The molecule has 4 rings (SSSR count). The summed E-state index contributed by atoms with van der Waals surface area (Å²) in [6.45, 7) is 10.8. The molecule has 9 heteroatoms. The van der Waals surface area contributed by atoms with Crippen molar-refractivity contribution in [1.29, 1.82) is 0 Å². The molecule has 0 unspecified atom stereocenters. The molecule has 46 heavy (non-hydrogen) atoms. The molecule has 0 aliphatic carbocycles. The zero-order valence-electron chi connectivity index (χ0n) is 27.3. The van der Waals surface area contributed by atoms with Gasteiger partial charge in [-0.1, -0.05) is 48.5 Å². The van der Waals surface area contributed by atoms with Crippen LogP contribution >= 0.6 is 0 Å². The Bertz CT molecular complexity index is 1760. The highest BCUT2D eigenvalue weighted by molar-refractivity contribution is 6.10. The van der Waals surface area contributed by atoms with Crippen molar-refractivity contribution in [2.24, 2.45) is 4.99 Å². The summed E-state index contributed by atoms with van der Waals surface area (Å²) in [4.78, 5) is 43.6. The second kappa shape index (κ2) is 14.6. The van der Waals surface area contributed by atoms with Crippen molar-refractivity contribution < 1.29 is 23.9 Å². The first-order valence-corrected chi connectivity index (χ1v) is 14.9. The fourth-order valence-electron chi connectivity index (χ4n) is 4.58. The number of benzene rings is 4. The van der Waals surface area contributed by atoms with Crippen LogP contribution in [0.15, 0.2) is 89.9 Å². The van der Waals surface area contributed by atoms with Crippen LogP contribution in [0.3, 0.4) is 0 Å². The van der Waals surface area contributed by atoms with E-state index in [0.29, 0.717) is 28.3 Å². The second-order valence-electron chi connectivity index (χ2n) is 12.0. The first-order chi connectivity index (χ1) is 21.8. The number of methoxy groups -OCH3 is 1. The van der Waals surface area contributed by atoms with Crippen molar-refractivity contribution in [2.75, 3.05) is 12.4 Å². The molecule has 0 spiro atoms. The topological polar surface area (TPSA) is 118 Å². The van der Waals surface area contributed by atoms with Gasteiger partial charge in [0.15, 0.2) is 0 Å². The van der Waals surface area contributed by atoms with Crippen LogP contribution in [0.4, 0.5) is 16.2 Å². The molecule has 0 radical (unpaired) electrons. The van der Waals surface area contributed by atoms with Gasteiger partial charge in [-0.25, -0.2) is 9.79 Å². The quantitative estimate of drug-likeness (QED) is 0.147. The van der Waals surface area contributed by atoms with Gasteiger partial charge in [0.05, 0.1) is 12.8 Å². The zero-order valence-corrected chi connectivity index (χ0v) is 27.3. The number of nitrogens with one attached hydrogen (secondary N) is 3. The predicted molar refractivity (Wildman–Crippen MR) is 181 cm³/mol. The van der Waals surface area contributed by atoms with Crippen LogP contribution in [0.5, 0.6) is 5.75 Å². The molecule has 0 saturated heterocycles. The maximum atomic E-state index is 13.3. The van der Waals surface area contributed by atoms with E-state index in [1.165, 1.54) is 12.7 Å². The van der Waals surface area contributed by atoms with Gasteiger partial charge >= 0.3 is 6.09 Å². The Balaban J connectivity index is 1.56. The third-order valence-corrected chi connectivity index (χ3v) is 7.13. The Hall–Kier alpha value is -5.44. The Morgan fingerprint density at radius 3 is 2.07 bits per heavy atom. The van der Waals surface area contributed by atoms with Gasteiger partial charge in [-0.2, -0.15) is 0 Å². The molecule has 9 nitrogen and oxygen atoms in total. The van der Waals surface area contributed by atoms with Crippen molar-refractivity contribution in [2.45, 2.75) is 53.6 Å². The fourth-order valence-corrected chi connectivity index (χ4v) is 4.58. The van der Waals surface area contributed by atoms with Gasteiger partial charge in [-0.15, -0.1) is 0 Å². The molecular formula is C37H40N4O5. The molecule has 3 N–H and O–H groups in total. The first kappa shape index (κ1) is 33.5. The van der Waals surface area contributed by atoms with Crippen molar-refractivity contribution in [3.8, 4) is 5.75 Å². The monoisotopic (exact) mass is 620 g/mol. The molecule has 0 fully saturated rings. The first-order valence-electron chi connectivity index (χ1n) is 14.9. The Morgan fingerprint density at radius 1 is 0.739 bits per heavy atom. The van der Waals surface area contributed by atoms with Gasteiger partial charge in [0.1, 0.15) is 11.4 Å². The summed E-state index contributed by atoms with van der Waals surface area (Å²) < 4.78 is 10.8. The van der Waals surface area contributed by atoms with Crippen LogP contribution < -0.4 is 20.7 Å². The minimum atomic E-state index is -0.791. The SMILES string of the molecule is COc1cc(C(=O)NC(=Nc2ccc(C)c(NC(=O)c3ccc(Cc4ccccc4)cc3)c2)NC(=O)OC(C)(C)C)cc(C)c1C. The molecule has 0 aliphatic heterocycles. The third-order valence-electron chi connectivity index (χ3n) is 7.13. The van der Waals surface area contributed by atoms with Crippen LogP contribution in [-0.4, -0.2) is 36.6 Å². The summed E-state index contributed by atoms with van der Waals surface area (Å²) in [6.07, 6.45) is -0.0182. The molecule has 0 atom stereocenters. The van der Waals surface area contributed by atoms with Crippen molar-refractivity contribution in [3.05, 3.63) is 124 Å². The summed E-state index contributed by atoms with van der Waals surface area (Å²) in [5.41, 5.74) is 5.84. The molecule has 0 heterocycles. The lowest BCUT2D eigenvalue weighted by atomic mass is 10.0. The van der Waals surface area contributed by atoms with E-state index in [4.69, 9.17) is 9.47 Å². The number of nitrogens with zero attached hydrogens (tertiary/aromatic N) is 1. The molecule has 3 amide bonds. The molecule has 0 aromatic heterocycles. The van der Waals surface area contributed by atoms with Crippen LogP contribution in [-0.2, 0) is 11.2 Å². The standard InChI is InChI=1S/C37H40N4O5/c1-23-13-18-30(22-31(23)39-33(42)28-16-14-27(15-17-28)20-26-11-9-8-10-12-26)38-35(41-36(44)46-37(4,5)6)40-34(43)29-19-24(2)25(3)32(21-29)45-7/h8-19,21-22H,20H2,1-7H3,(H,39,42)(H2,38,40,41,43,44). The number of carbonyl (C=O) groups is 3. The van der Waals surface area contributed by atoms with Gasteiger partial charge in [0.2, 0.25) is 5.96 Å². The Kier molecular flexibility index (Phi) is 10.6. The summed E-state index contributed by atoms with van der Waals surface area (Å²) in [6, 6.07) is 26.1. The number of amides is 3. The van der Waals surface area contributed by atoms with E-state index in [1.54, 1.807) is 63.2 Å². The number of carbonyl (C=O) groups excluding carboxylic acids is 3. The number of alkyl carbamates (subject to hydrolysis) is 1. The highest BCUT2D eigenvalue weighted by Gasteiger charge is 2.20. The highest BCUT2D eigenvalue weighted by Crippen LogP contribution is 2.25. The maximum absolute atomic E-state index is 13.3. The fraction of sp³-hybridized carbons (Fsp3) is 0.243. The lowest BCUT2D eigenvalue weighted by Gasteiger charge is -2.20. The summed E-state index contributed by atoms with van der Waals surface area (Å²) in [5, 5.41) is 8.17. The second-order valence-corrected chi connectivity index (χ2v) is 12.0. The smallest absolute Gasteiger partial charge is 0.414 e. The number of hydrogen-bond acceptors (Lipinski definition) is 6. The molecule has 0 aliphatic rings. The Labute approximate surface area is 270 Å². The van der Waals surface area contributed by atoms with Crippen molar-refractivity contribution in [1.82, 2.24) is 10.6 Å². The minimum absolute atomic E-state index is 0.147. The number of rotatable bonds is 7. The molecule has 4 aromatic carbocycles. The van der Waals surface area contributed by atoms with Crippen LogP contribution in [0, 0.1) is 20.8 Å². The summed E-state index contributed by atoms with van der Waals surface area (Å²) in [5.74, 6) is -0.368. The third kappa shape index (κ3) is 9.28. The molecule has 0 saturated carbocycles. The predicted octanol–water partition coefficient (Wildman–Crippen LogP) is 7.41. The van der Waals surface area contributed by atoms with Gasteiger partial charge in [0, 0.05) is 16.8 Å². The molecule has 238 valence electrons. The lowest BCUT2D eigenvalue weighted by molar-refractivity contribution is 0.0561. The summed E-state index contributed by atoms with van der Waals surface area (Å²) >= 11 is 0. The zero-order chi connectivity index (χ0) is 33.4. The molecule has 4 aromatic rings. The maximum Gasteiger partial charge on any atom is 0.414 e. The van der Waals surface area contributed by atoms with Gasteiger partial charge in [0.25, 0.3) is 11.8 Å². The summed E-state index contributed by atoms with van der Waals surface area (Å²) in [7, 11) is 1.54. The van der Waals surface area contributed by atoms with E-state index in [1.807, 2.05) is 51.1 Å². The number of anilines is 1. The van der Waals surface area contributed by atoms with Crippen LogP contribution in [0.2, 0.25) is 0 Å². The number of aliphatic imine (C=N–C) groups is 1. The van der Waals surface area contributed by atoms with Crippen molar-refractivity contribution >= 4 is 35.2 Å². The minimum Gasteiger partial charge on any atom is -0.496 e. The van der Waals surface area contributed by atoms with Gasteiger partial charge < -0.3 is 14.8 Å². The number of aryl methyl sites for hydroxylation is 2. The van der Waals surface area contributed by atoms with E-state index in [-0.39, 0.29) is 11.9 Å². The van der Waals surface area contributed by atoms with Crippen LogP contribution in [0.1, 0.15) is 69.3 Å². The van der Waals surface area contributed by atoms with E-state index < -0.39 is 17.6 Å². The normalized spacial score (nSPS) is 11.4. The Morgan fingerprint density at radius 2 is 1.41 bits per heavy atom. The number of hydrogen-bond donors (Lipinski definition) is 3. The average molecular weight is 621 g/mol. The lowest BCUT2D eigenvalue weighted by Crippen LogP contribution is -2.45.